The summed E-state index contributed by atoms with van der Waals surface area (Å²) in [5.74, 6) is 0.117. The van der Waals surface area contributed by atoms with Crippen molar-refractivity contribution in [2.24, 2.45) is 0 Å². The zero-order chi connectivity index (χ0) is 15.1. The van der Waals surface area contributed by atoms with Crippen molar-refractivity contribution in [1.29, 1.82) is 0 Å². The monoisotopic (exact) mass is 277 g/mol. The Balaban J connectivity index is 3.03. The Bertz CT molecular complexity index is 486. The smallest absolute Gasteiger partial charge is 0.256 e. The first kappa shape index (κ1) is 16.0. The van der Waals surface area contributed by atoms with E-state index in [9.17, 15) is 4.79 Å². The predicted octanol–water partition coefficient (Wildman–Crippen LogP) is 2.20. The minimum Gasteiger partial charge on any atom is -0.480 e. The molecule has 0 radical (unpaired) electrons. The number of rotatable bonds is 7. The molecule has 1 aromatic rings. The van der Waals surface area contributed by atoms with Gasteiger partial charge in [-0.3, -0.25) is 4.79 Å². The number of hydrogen-bond acceptors (Lipinski definition) is 4. The van der Waals surface area contributed by atoms with E-state index in [0.717, 1.165) is 17.7 Å². The van der Waals surface area contributed by atoms with Crippen molar-refractivity contribution in [3.8, 4) is 5.88 Å². The van der Waals surface area contributed by atoms with Gasteiger partial charge in [0, 0.05) is 30.0 Å². The highest BCUT2D eigenvalue weighted by molar-refractivity contribution is 5.97. The van der Waals surface area contributed by atoms with E-state index in [4.69, 9.17) is 4.74 Å². The van der Waals surface area contributed by atoms with Crippen LogP contribution in [0.1, 0.15) is 43.1 Å². The summed E-state index contributed by atoms with van der Waals surface area (Å²) < 4.78 is 5.13. The largest absolute Gasteiger partial charge is 0.480 e. The predicted molar refractivity (Wildman–Crippen MR) is 80.7 cm³/mol. The first-order valence-electron chi connectivity index (χ1n) is 6.81. The summed E-state index contributed by atoms with van der Waals surface area (Å²) in [7, 11) is 1.50. The third-order valence-electron chi connectivity index (χ3n) is 3.01. The third-order valence-corrected chi connectivity index (χ3v) is 3.01. The van der Waals surface area contributed by atoms with Gasteiger partial charge in [0.25, 0.3) is 5.91 Å². The Morgan fingerprint density at radius 2 is 2.20 bits per heavy atom. The minimum absolute atomic E-state index is 0.199. The summed E-state index contributed by atoms with van der Waals surface area (Å²) in [6.07, 6.45) is 2.64. The maximum atomic E-state index is 12.0. The number of aromatic nitrogens is 1. The number of ether oxygens (including phenoxy) is 1. The van der Waals surface area contributed by atoms with Gasteiger partial charge in [0.15, 0.2) is 0 Å². The molecule has 1 atom stereocenters. The van der Waals surface area contributed by atoms with Gasteiger partial charge in [0.1, 0.15) is 5.56 Å². The van der Waals surface area contributed by atoms with Crippen LogP contribution < -0.4 is 15.4 Å². The summed E-state index contributed by atoms with van der Waals surface area (Å²) >= 11 is 0. The Kier molecular flexibility index (Phi) is 6.03. The Hall–Kier alpha value is -2.04. The molecule has 0 unspecified atom stereocenters. The summed E-state index contributed by atoms with van der Waals surface area (Å²) in [4.78, 5) is 16.2. The number of nitrogens with one attached hydrogen (secondary N) is 2. The molecule has 0 saturated heterocycles. The van der Waals surface area contributed by atoms with Gasteiger partial charge in [-0.05, 0) is 26.3 Å². The Morgan fingerprint density at radius 1 is 1.50 bits per heavy atom. The molecule has 0 aromatic carbocycles. The molecule has 5 nitrogen and oxygen atoms in total. The van der Waals surface area contributed by atoms with Crippen LogP contribution in [0.2, 0.25) is 0 Å². The van der Waals surface area contributed by atoms with E-state index in [2.05, 4.69) is 36.0 Å². The molecule has 110 valence electrons. The molecule has 0 aliphatic rings. The van der Waals surface area contributed by atoms with Gasteiger partial charge in [-0.1, -0.05) is 13.5 Å². The highest BCUT2D eigenvalue weighted by atomic mass is 16.5. The van der Waals surface area contributed by atoms with Gasteiger partial charge in [-0.25, -0.2) is 4.98 Å². The van der Waals surface area contributed by atoms with Crippen LogP contribution in [0, 0.1) is 0 Å². The second-order valence-corrected chi connectivity index (χ2v) is 4.57. The molecule has 20 heavy (non-hydrogen) atoms. The fourth-order valence-electron chi connectivity index (χ4n) is 1.68. The number of nitrogens with zero attached hydrogens (tertiary/aromatic N) is 1. The molecule has 5 heteroatoms. The fourth-order valence-corrected chi connectivity index (χ4v) is 1.68. The lowest BCUT2D eigenvalue weighted by molar-refractivity contribution is 0.0952. The minimum atomic E-state index is -0.199. The number of carbonyl (C=O) groups is 1. The summed E-state index contributed by atoms with van der Waals surface area (Å²) in [5, 5.41) is 6.02. The number of carbonyl (C=O) groups excluding carboxylic acids is 1. The third kappa shape index (κ3) is 3.98. The molecule has 1 amide bonds. The van der Waals surface area contributed by atoms with Crippen molar-refractivity contribution in [2.45, 2.75) is 33.2 Å². The van der Waals surface area contributed by atoms with E-state index < -0.39 is 0 Å². The Labute approximate surface area is 120 Å². The fraction of sp³-hybridized carbons (Fsp3) is 0.467. The van der Waals surface area contributed by atoms with E-state index in [-0.39, 0.29) is 5.91 Å². The van der Waals surface area contributed by atoms with Gasteiger partial charge >= 0.3 is 0 Å². The summed E-state index contributed by atoms with van der Waals surface area (Å²) in [5.41, 5.74) is 1.95. The second-order valence-electron chi connectivity index (χ2n) is 4.57. The van der Waals surface area contributed by atoms with Gasteiger partial charge in [0.2, 0.25) is 5.88 Å². The zero-order valence-electron chi connectivity index (χ0n) is 12.6. The summed E-state index contributed by atoms with van der Waals surface area (Å²) in [6, 6.07) is 2.06. The van der Waals surface area contributed by atoms with Crippen LogP contribution >= 0.6 is 0 Å². The molecule has 0 fully saturated rings. The van der Waals surface area contributed by atoms with Crippen molar-refractivity contribution in [3.63, 3.8) is 0 Å². The van der Waals surface area contributed by atoms with E-state index >= 15 is 0 Å². The highest BCUT2D eigenvalue weighted by Crippen LogP contribution is 2.19. The number of hydrogen-bond donors (Lipinski definition) is 2. The van der Waals surface area contributed by atoms with Crippen molar-refractivity contribution in [3.05, 3.63) is 30.0 Å². The maximum absolute atomic E-state index is 12.0. The molecule has 1 heterocycles. The van der Waals surface area contributed by atoms with Gasteiger partial charge in [0.05, 0.1) is 7.11 Å². The Morgan fingerprint density at radius 3 is 2.75 bits per heavy atom. The van der Waals surface area contributed by atoms with Crippen LogP contribution in [0.3, 0.4) is 0 Å². The van der Waals surface area contributed by atoms with E-state index in [1.54, 1.807) is 12.3 Å². The lowest BCUT2D eigenvalue weighted by atomic mass is 10.1. The zero-order valence-corrected chi connectivity index (χ0v) is 12.6. The SMILES string of the molecule is C=C(N[C@H](C)CC)c1cnc(OC)c(C(=O)NCC)c1. The van der Waals surface area contributed by atoms with Crippen molar-refractivity contribution < 1.29 is 9.53 Å². The maximum Gasteiger partial charge on any atom is 0.256 e. The molecular formula is C15H23N3O2. The quantitative estimate of drug-likeness (QED) is 0.802. The molecule has 0 aliphatic heterocycles. The summed E-state index contributed by atoms with van der Waals surface area (Å²) in [6.45, 7) is 10.6. The molecule has 1 rings (SSSR count). The van der Waals surface area contributed by atoms with Gasteiger partial charge in [-0.2, -0.15) is 0 Å². The lowest BCUT2D eigenvalue weighted by Gasteiger charge is -2.16. The van der Waals surface area contributed by atoms with Crippen LogP contribution in [0.4, 0.5) is 0 Å². The van der Waals surface area contributed by atoms with Crippen molar-refractivity contribution >= 4 is 11.6 Å². The topological polar surface area (TPSA) is 63.3 Å². The molecule has 0 saturated carbocycles. The van der Waals surface area contributed by atoms with Gasteiger partial charge in [-0.15, -0.1) is 0 Å². The van der Waals surface area contributed by atoms with Crippen LogP contribution in [-0.2, 0) is 0 Å². The number of methoxy groups -OCH3 is 1. The normalized spacial score (nSPS) is 11.6. The molecule has 0 bridgehead atoms. The van der Waals surface area contributed by atoms with Crippen molar-refractivity contribution in [1.82, 2.24) is 15.6 Å². The average molecular weight is 277 g/mol. The molecule has 0 spiro atoms. The van der Waals surface area contributed by atoms with E-state index in [1.807, 2.05) is 6.92 Å². The average Bonchev–Trinajstić information content (AvgIpc) is 2.46. The second kappa shape index (κ2) is 7.53. The first-order valence-corrected chi connectivity index (χ1v) is 6.81. The standard InChI is InChI=1S/C15H23N3O2/c1-6-10(3)18-11(4)12-8-13(14(19)16-7-2)15(20-5)17-9-12/h8-10,18H,4,6-7H2,1-3,5H3,(H,16,19)/t10-/m1/s1. The van der Waals surface area contributed by atoms with Crippen molar-refractivity contribution in [2.75, 3.05) is 13.7 Å². The van der Waals surface area contributed by atoms with Crippen LogP contribution in [0.15, 0.2) is 18.8 Å². The first-order chi connectivity index (χ1) is 9.53. The molecule has 2 N–H and O–H groups in total. The van der Waals surface area contributed by atoms with Crippen LogP contribution in [0.5, 0.6) is 5.88 Å². The number of pyridine rings is 1. The molecule has 0 aliphatic carbocycles. The van der Waals surface area contributed by atoms with Gasteiger partial charge < -0.3 is 15.4 Å². The highest BCUT2D eigenvalue weighted by Gasteiger charge is 2.15. The van der Waals surface area contributed by atoms with Crippen LogP contribution in [0.25, 0.3) is 5.70 Å². The van der Waals surface area contributed by atoms with E-state index in [1.165, 1.54) is 7.11 Å². The van der Waals surface area contributed by atoms with Crippen LogP contribution in [-0.4, -0.2) is 30.6 Å². The number of amides is 1. The molecule has 1 aromatic heterocycles. The molecular weight excluding hydrogens is 254 g/mol. The van der Waals surface area contributed by atoms with E-state index in [0.29, 0.717) is 24.0 Å². The lowest BCUT2D eigenvalue weighted by Crippen LogP contribution is -2.25.